The molecule has 1 heterocycles. The zero-order valence-electron chi connectivity index (χ0n) is 13.4. The standard InChI is InChI=1S/C17H25NO3/c1-11(19-3)12-5-6-16(20-4)14-9-15-17(10-13(12)14)21-8-7-18(15)2/h5-6,11,15,17H,7-10H2,1-4H3/t11-,15+,17+/m0/s1. The Morgan fingerprint density at radius 3 is 2.76 bits per heavy atom. The molecule has 0 unspecified atom stereocenters. The maximum Gasteiger partial charge on any atom is 0.122 e. The first kappa shape index (κ1) is 14.8. The number of hydrogen-bond donors (Lipinski definition) is 0. The highest BCUT2D eigenvalue weighted by molar-refractivity contribution is 5.48. The molecule has 2 aliphatic rings. The third-order valence-electron chi connectivity index (χ3n) is 5.03. The Kier molecular flexibility index (Phi) is 4.20. The Balaban J connectivity index is 2.03. The highest BCUT2D eigenvalue weighted by Crippen LogP contribution is 2.38. The van der Waals surface area contributed by atoms with E-state index in [0.717, 1.165) is 31.7 Å². The number of fused-ring (bicyclic) bond motifs is 2. The molecule has 21 heavy (non-hydrogen) atoms. The van der Waals surface area contributed by atoms with Gasteiger partial charge in [0.1, 0.15) is 5.75 Å². The van der Waals surface area contributed by atoms with Crippen LogP contribution in [-0.4, -0.2) is 51.5 Å². The SMILES string of the molecule is COc1ccc([C@H](C)OC)c2c1C[C@@H]1[C@@H](C2)OCCN1C. The molecule has 1 aromatic rings. The molecule has 116 valence electrons. The van der Waals surface area contributed by atoms with Crippen molar-refractivity contribution in [3.05, 3.63) is 28.8 Å². The molecule has 0 aromatic heterocycles. The quantitative estimate of drug-likeness (QED) is 0.854. The van der Waals surface area contributed by atoms with E-state index >= 15 is 0 Å². The fourth-order valence-corrected chi connectivity index (χ4v) is 3.65. The summed E-state index contributed by atoms with van der Waals surface area (Å²) in [6, 6.07) is 4.67. The summed E-state index contributed by atoms with van der Waals surface area (Å²) in [7, 11) is 5.71. The summed E-state index contributed by atoms with van der Waals surface area (Å²) < 4.78 is 17.2. The van der Waals surface area contributed by atoms with Crippen molar-refractivity contribution in [2.75, 3.05) is 34.4 Å². The van der Waals surface area contributed by atoms with E-state index in [2.05, 4.69) is 31.0 Å². The van der Waals surface area contributed by atoms with E-state index in [0.29, 0.717) is 6.04 Å². The lowest BCUT2D eigenvalue weighted by Gasteiger charge is -2.43. The van der Waals surface area contributed by atoms with Crippen molar-refractivity contribution >= 4 is 0 Å². The summed E-state index contributed by atoms with van der Waals surface area (Å²) in [5.41, 5.74) is 3.96. The molecule has 1 aliphatic heterocycles. The summed E-state index contributed by atoms with van der Waals surface area (Å²) in [5, 5.41) is 0. The third-order valence-corrected chi connectivity index (χ3v) is 5.03. The lowest BCUT2D eigenvalue weighted by atomic mass is 9.81. The predicted molar refractivity (Wildman–Crippen MR) is 82.0 cm³/mol. The molecule has 1 fully saturated rings. The van der Waals surface area contributed by atoms with Gasteiger partial charge in [-0.05, 0) is 43.1 Å². The van der Waals surface area contributed by atoms with E-state index in [1.807, 2.05) is 0 Å². The van der Waals surface area contributed by atoms with Crippen LogP contribution in [0.15, 0.2) is 12.1 Å². The van der Waals surface area contributed by atoms with Crippen LogP contribution in [0.2, 0.25) is 0 Å². The highest BCUT2D eigenvalue weighted by Gasteiger charge is 2.37. The van der Waals surface area contributed by atoms with Crippen LogP contribution in [0.5, 0.6) is 5.75 Å². The average Bonchev–Trinajstić information content (AvgIpc) is 2.52. The van der Waals surface area contributed by atoms with E-state index in [1.165, 1.54) is 16.7 Å². The van der Waals surface area contributed by atoms with Crippen LogP contribution >= 0.6 is 0 Å². The van der Waals surface area contributed by atoms with Crippen molar-refractivity contribution in [1.29, 1.82) is 0 Å². The first-order valence-corrected chi connectivity index (χ1v) is 7.69. The number of methoxy groups -OCH3 is 2. The molecule has 0 saturated carbocycles. The minimum absolute atomic E-state index is 0.0996. The average molecular weight is 291 g/mol. The number of ether oxygens (including phenoxy) is 3. The van der Waals surface area contributed by atoms with Crippen molar-refractivity contribution < 1.29 is 14.2 Å². The molecule has 1 aliphatic carbocycles. The smallest absolute Gasteiger partial charge is 0.122 e. The van der Waals surface area contributed by atoms with E-state index < -0.39 is 0 Å². The summed E-state index contributed by atoms with van der Waals surface area (Å²) in [6.07, 6.45) is 2.32. The molecular weight excluding hydrogens is 266 g/mol. The second-order valence-corrected chi connectivity index (χ2v) is 6.06. The van der Waals surface area contributed by atoms with Gasteiger partial charge in [-0.2, -0.15) is 0 Å². The first-order valence-electron chi connectivity index (χ1n) is 7.69. The van der Waals surface area contributed by atoms with Gasteiger partial charge in [-0.15, -0.1) is 0 Å². The number of hydrogen-bond acceptors (Lipinski definition) is 4. The van der Waals surface area contributed by atoms with Crippen LogP contribution < -0.4 is 4.74 Å². The monoisotopic (exact) mass is 291 g/mol. The van der Waals surface area contributed by atoms with Gasteiger partial charge in [0.05, 0.1) is 25.9 Å². The maximum atomic E-state index is 6.03. The highest BCUT2D eigenvalue weighted by atomic mass is 16.5. The van der Waals surface area contributed by atoms with Crippen LogP contribution in [-0.2, 0) is 22.3 Å². The second-order valence-electron chi connectivity index (χ2n) is 6.06. The Hall–Kier alpha value is -1.10. The van der Waals surface area contributed by atoms with Gasteiger partial charge in [-0.1, -0.05) is 6.07 Å². The molecule has 4 heteroatoms. The predicted octanol–water partition coefficient (Wildman–Crippen LogP) is 2.20. The number of rotatable bonds is 3. The van der Waals surface area contributed by atoms with Crippen molar-refractivity contribution in [2.24, 2.45) is 0 Å². The van der Waals surface area contributed by atoms with E-state index in [9.17, 15) is 0 Å². The Morgan fingerprint density at radius 1 is 1.24 bits per heavy atom. The summed E-state index contributed by atoms with van der Waals surface area (Å²) in [4.78, 5) is 2.42. The van der Waals surface area contributed by atoms with Gasteiger partial charge >= 0.3 is 0 Å². The van der Waals surface area contributed by atoms with Gasteiger partial charge < -0.3 is 14.2 Å². The molecular formula is C17H25NO3. The van der Waals surface area contributed by atoms with Gasteiger partial charge in [-0.3, -0.25) is 4.90 Å². The van der Waals surface area contributed by atoms with Gasteiger partial charge in [0.15, 0.2) is 0 Å². The van der Waals surface area contributed by atoms with Crippen molar-refractivity contribution in [1.82, 2.24) is 4.90 Å². The molecule has 0 amide bonds. The number of nitrogens with zero attached hydrogens (tertiary/aromatic N) is 1. The van der Waals surface area contributed by atoms with E-state index in [-0.39, 0.29) is 12.2 Å². The zero-order chi connectivity index (χ0) is 15.0. The Bertz CT molecular complexity index is 517. The summed E-state index contributed by atoms with van der Waals surface area (Å²) in [5.74, 6) is 0.995. The molecule has 4 nitrogen and oxygen atoms in total. The fraction of sp³-hybridized carbons (Fsp3) is 0.647. The maximum absolute atomic E-state index is 6.03. The molecule has 0 radical (unpaired) electrons. The minimum atomic E-state index is 0.0996. The summed E-state index contributed by atoms with van der Waals surface area (Å²) in [6.45, 7) is 3.93. The van der Waals surface area contributed by atoms with Crippen LogP contribution in [0.4, 0.5) is 0 Å². The second kappa shape index (κ2) is 5.95. The first-order chi connectivity index (χ1) is 10.2. The molecule has 3 rings (SSSR count). The number of likely N-dealkylation sites (N-methyl/N-ethyl adjacent to an activating group) is 1. The van der Waals surface area contributed by atoms with Gasteiger partial charge in [0.2, 0.25) is 0 Å². The van der Waals surface area contributed by atoms with Crippen molar-refractivity contribution in [2.45, 2.75) is 38.0 Å². The number of benzene rings is 1. The Morgan fingerprint density at radius 2 is 2.05 bits per heavy atom. The fourth-order valence-electron chi connectivity index (χ4n) is 3.65. The van der Waals surface area contributed by atoms with Crippen LogP contribution in [0.25, 0.3) is 0 Å². The molecule has 0 N–H and O–H groups in total. The largest absolute Gasteiger partial charge is 0.496 e. The van der Waals surface area contributed by atoms with Gasteiger partial charge in [0.25, 0.3) is 0 Å². The van der Waals surface area contributed by atoms with Gasteiger partial charge in [0, 0.05) is 26.1 Å². The lowest BCUT2D eigenvalue weighted by molar-refractivity contribution is -0.0649. The van der Waals surface area contributed by atoms with Crippen molar-refractivity contribution in [3.63, 3.8) is 0 Å². The third kappa shape index (κ3) is 2.56. The topological polar surface area (TPSA) is 30.9 Å². The van der Waals surface area contributed by atoms with E-state index in [1.54, 1.807) is 14.2 Å². The summed E-state index contributed by atoms with van der Waals surface area (Å²) >= 11 is 0. The molecule has 1 aromatic carbocycles. The van der Waals surface area contributed by atoms with Crippen molar-refractivity contribution in [3.8, 4) is 5.75 Å². The van der Waals surface area contributed by atoms with Gasteiger partial charge in [-0.25, -0.2) is 0 Å². The normalized spacial score (nSPS) is 26.9. The lowest BCUT2D eigenvalue weighted by Crippen LogP contribution is -2.53. The molecule has 0 spiro atoms. The van der Waals surface area contributed by atoms with Crippen LogP contribution in [0, 0.1) is 0 Å². The molecule has 3 atom stereocenters. The van der Waals surface area contributed by atoms with Crippen LogP contribution in [0.3, 0.4) is 0 Å². The Labute approximate surface area is 127 Å². The zero-order valence-corrected chi connectivity index (χ0v) is 13.4. The molecule has 0 bridgehead atoms. The van der Waals surface area contributed by atoms with Crippen LogP contribution in [0.1, 0.15) is 29.7 Å². The number of morpholine rings is 1. The molecule has 1 saturated heterocycles. The van der Waals surface area contributed by atoms with E-state index in [4.69, 9.17) is 14.2 Å². The minimum Gasteiger partial charge on any atom is -0.496 e.